The highest BCUT2D eigenvalue weighted by Gasteiger charge is 2.24. The molecule has 4 aromatic heterocycles. The van der Waals surface area contributed by atoms with Crippen molar-refractivity contribution >= 4 is 17.0 Å². The lowest BCUT2D eigenvalue weighted by Gasteiger charge is -2.31. The summed E-state index contributed by atoms with van der Waals surface area (Å²) < 4.78 is 8.21. The van der Waals surface area contributed by atoms with Crippen LogP contribution in [0.2, 0.25) is 0 Å². The number of hydrogen-bond acceptors (Lipinski definition) is 5. The Bertz CT molecular complexity index is 1030. The van der Waals surface area contributed by atoms with Crippen molar-refractivity contribution in [2.45, 2.75) is 12.6 Å². The molecule has 0 aliphatic carbocycles. The Morgan fingerprint density at radius 2 is 2.04 bits per heavy atom. The van der Waals surface area contributed by atoms with Gasteiger partial charge < -0.3 is 4.74 Å². The van der Waals surface area contributed by atoms with Crippen molar-refractivity contribution < 1.29 is 4.74 Å². The van der Waals surface area contributed by atoms with Gasteiger partial charge in [-0.1, -0.05) is 12.1 Å². The molecule has 0 saturated carbocycles. The molecule has 0 unspecified atom stereocenters. The molecule has 4 aromatic rings. The zero-order valence-corrected chi connectivity index (χ0v) is 15.7. The molecular formula is C21H20N4OS. The lowest BCUT2D eigenvalue weighted by atomic mass is 10.2. The average molecular weight is 376 g/mol. The van der Waals surface area contributed by atoms with Gasteiger partial charge in [0, 0.05) is 48.7 Å². The minimum absolute atomic E-state index is 0.00361. The summed E-state index contributed by atoms with van der Waals surface area (Å²) in [6.45, 7) is 3.55. The van der Waals surface area contributed by atoms with Crippen LogP contribution in [0.5, 0.6) is 0 Å². The highest BCUT2D eigenvalue weighted by Crippen LogP contribution is 2.26. The van der Waals surface area contributed by atoms with Gasteiger partial charge in [0.25, 0.3) is 0 Å². The maximum atomic E-state index is 6.06. The molecule has 0 amide bonds. The average Bonchev–Trinajstić information content (AvgIpc) is 3.38. The van der Waals surface area contributed by atoms with Gasteiger partial charge in [-0.25, -0.2) is 4.98 Å². The molecule has 0 bridgehead atoms. The van der Waals surface area contributed by atoms with Gasteiger partial charge in [-0.05, 0) is 35.7 Å². The van der Waals surface area contributed by atoms with E-state index in [2.05, 4.69) is 44.1 Å². The van der Waals surface area contributed by atoms with Crippen LogP contribution in [0, 0.1) is 0 Å². The molecule has 1 aliphatic rings. The molecule has 0 aromatic carbocycles. The van der Waals surface area contributed by atoms with E-state index < -0.39 is 0 Å². The van der Waals surface area contributed by atoms with Gasteiger partial charge in [0.2, 0.25) is 0 Å². The smallest absolute Gasteiger partial charge is 0.137 e. The van der Waals surface area contributed by atoms with E-state index in [1.807, 2.05) is 48.0 Å². The zero-order valence-electron chi connectivity index (χ0n) is 14.9. The minimum atomic E-state index is 0.00361. The summed E-state index contributed by atoms with van der Waals surface area (Å²) in [5, 5.41) is 2.13. The molecule has 136 valence electrons. The topological polar surface area (TPSA) is 42.7 Å². The summed E-state index contributed by atoms with van der Waals surface area (Å²) in [4.78, 5) is 12.8. The molecular weight excluding hydrogens is 356 g/mol. The van der Waals surface area contributed by atoms with Gasteiger partial charge in [0.1, 0.15) is 11.8 Å². The van der Waals surface area contributed by atoms with Crippen LogP contribution in [0.3, 0.4) is 0 Å². The van der Waals surface area contributed by atoms with E-state index in [1.165, 1.54) is 4.88 Å². The maximum Gasteiger partial charge on any atom is 0.137 e. The first-order chi connectivity index (χ1) is 13.4. The molecule has 1 saturated heterocycles. The predicted octanol–water partition coefficient (Wildman–Crippen LogP) is 4.03. The Labute approximate surface area is 161 Å². The standard InChI is InChI=1S/C21H20N4OS/c1-4-19(16-6-8-22-9-7-16)25-14-18(23-21(25)5-1)20-15-24(10-11-26-20)13-17-3-2-12-27-17/h1-9,12,14,20H,10-11,13,15H2/t20-/m0/s1. The van der Waals surface area contributed by atoms with Gasteiger partial charge in [-0.3, -0.25) is 14.3 Å². The fourth-order valence-electron chi connectivity index (χ4n) is 3.59. The monoisotopic (exact) mass is 376 g/mol. The Morgan fingerprint density at radius 1 is 1.11 bits per heavy atom. The number of imidazole rings is 1. The van der Waals surface area contributed by atoms with Gasteiger partial charge in [0.15, 0.2) is 0 Å². The number of ether oxygens (including phenoxy) is 1. The molecule has 1 fully saturated rings. The number of hydrogen-bond donors (Lipinski definition) is 0. The highest BCUT2D eigenvalue weighted by molar-refractivity contribution is 7.09. The lowest BCUT2D eigenvalue weighted by Crippen LogP contribution is -2.37. The van der Waals surface area contributed by atoms with E-state index in [1.54, 1.807) is 0 Å². The van der Waals surface area contributed by atoms with Gasteiger partial charge in [-0.2, -0.15) is 0 Å². The molecule has 5 rings (SSSR count). The molecule has 0 spiro atoms. The summed E-state index contributed by atoms with van der Waals surface area (Å²) in [5.74, 6) is 0. The summed E-state index contributed by atoms with van der Waals surface area (Å²) >= 11 is 1.81. The molecule has 6 heteroatoms. The molecule has 0 N–H and O–H groups in total. The quantitative estimate of drug-likeness (QED) is 0.539. The predicted molar refractivity (Wildman–Crippen MR) is 107 cm³/mol. The molecule has 5 nitrogen and oxygen atoms in total. The van der Waals surface area contributed by atoms with Crippen LogP contribution < -0.4 is 0 Å². The van der Waals surface area contributed by atoms with Crippen LogP contribution in [0.1, 0.15) is 16.7 Å². The Balaban J connectivity index is 1.43. The molecule has 1 atom stereocenters. The van der Waals surface area contributed by atoms with Crippen LogP contribution in [0.15, 0.2) is 66.4 Å². The molecule has 0 radical (unpaired) electrons. The Hall–Kier alpha value is -2.54. The first kappa shape index (κ1) is 16.6. The van der Waals surface area contributed by atoms with Crippen molar-refractivity contribution in [2.75, 3.05) is 19.7 Å². The van der Waals surface area contributed by atoms with Crippen LogP contribution in [-0.2, 0) is 11.3 Å². The second-order valence-electron chi connectivity index (χ2n) is 6.71. The third kappa shape index (κ3) is 3.39. The van der Waals surface area contributed by atoms with Crippen molar-refractivity contribution in [3.05, 3.63) is 77.0 Å². The van der Waals surface area contributed by atoms with Gasteiger partial charge in [-0.15, -0.1) is 11.3 Å². The third-order valence-corrected chi connectivity index (χ3v) is 5.79. The van der Waals surface area contributed by atoms with Crippen molar-refractivity contribution in [1.29, 1.82) is 0 Å². The van der Waals surface area contributed by atoms with E-state index >= 15 is 0 Å². The first-order valence-electron chi connectivity index (χ1n) is 9.11. The Morgan fingerprint density at radius 3 is 2.89 bits per heavy atom. The number of rotatable bonds is 4. The van der Waals surface area contributed by atoms with Crippen LogP contribution in [-0.4, -0.2) is 39.0 Å². The van der Waals surface area contributed by atoms with E-state index in [4.69, 9.17) is 9.72 Å². The van der Waals surface area contributed by atoms with E-state index in [0.717, 1.165) is 48.8 Å². The summed E-state index contributed by atoms with van der Waals surface area (Å²) in [6.07, 6.45) is 5.76. The minimum Gasteiger partial charge on any atom is -0.369 e. The molecule has 1 aliphatic heterocycles. The largest absolute Gasteiger partial charge is 0.369 e. The summed E-state index contributed by atoms with van der Waals surface area (Å²) in [5.41, 5.74) is 4.18. The summed E-state index contributed by atoms with van der Waals surface area (Å²) in [7, 11) is 0. The van der Waals surface area contributed by atoms with E-state index in [-0.39, 0.29) is 6.10 Å². The van der Waals surface area contributed by atoms with Gasteiger partial charge in [0.05, 0.1) is 18.0 Å². The highest BCUT2D eigenvalue weighted by atomic mass is 32.1. The number of pyridine rings is 2. The second-order valence-corrected chi connectivity index (χ2v) is 7.75. The van der Waals surface area contributed by atoms with Crippen LogP contribution in [0.25, 0.3) is 16.9 Å². The van der Waals surface area contributed by atoms with Crippen molar-refractivity contribution in [3.63, 3.8) is 0 Å². The van der Waals surface area contributed by atoms with E-state index in [9.17, 15) is 0 Å². The van der Waals surface area contributed by atoms with Crippen molar-refractivity contribution in [3.8, 4) is 11.3 Å². The van der Waals surface area contributed by atoms with E-state index in [0.29, 0.717) is 0 Å². The fraction of sp³-hybridized carbons (Fsp3) is 0.238. The lowest BCUT2D eigenvalue weighted by molar-refractivity contribution is -0.0344. The van der Waals surface area contributed by atoms with Crippen molar-refractivity contribution in [1.82, 2.24) is 19.3 Å². The number of thiophene rings is 1. The van der Waals surface area contributed by atoms with Gasteiger partial charge >= 0.3 is 0 Å². The zero-order chi connectivity index (χ0) is 18.1. The number of nitrogens with zero attached hydrogens (tertiary/aromatic N) is 4. The Kier molecular flexibility index (Phi) is 4.45. The number of aromatic nitrogens is 3. The number of fused-ring (bicyclic) bond motifs is 1. The van der Waals surface area contributed by atoms with Crippen molar-refractivity contribution in [2.24, 2.45) is 0 Å². The first-order valence-corrected chi connectivity index (χ1v) is 9.99. The maximum absolute atomic E-state index is 6.06. The molecule has 27 heavy (non-hydrogen) atoms. The van der Waals surface area contributed by atoms with Crippen LogP contribution >= 0.6 is 11.3 Å². The SMILES string of the molecule is c1csc(CN2CCO[C@H](c3cn4c(-c5ccncc5)cccc4n3)C2)c1. The fourth-order valence-corrected chi connectivity index (χ4v) is 4.34. The summed E-state index contributed by atoms with van der Waals surface area (Å²) in [6, 6.07) is 14.6. The molecule has 5 heterocycles. The van der Waals surface area contributed by atoms with Crippen LogP contribution in [0.4, 0.5) is 0 Å². The third-order valence-electron chi connectivity index (χ3n) is 4.93. The number of morpholine rings is 1. The second kappa shape index (κ2) is 7.23. The normalized spacial score (nSPS) is 18.1.